The number of aromatic nitrogens is 3. The first kappa shape index (κ1) is 24.5. The second-order valence-electron chi connectivity index (χ2n) is 6.81. The monoisotopic (exact) mass is 513 g/mol. The van der Waals surface area contributed by atoms with Crippen LogP contribution in [0.4, 0.5) is 0 Å². The fourth-order valence-corrected chi connectivity index (χ4v) is 4.43. The second kappa shape index (κ2) is 11.2. The van der Waals surface area contributed by atoms with Gasteiger partial charge in [0.15, 0.2) is 5.82 Å². The predicted octanol–water partition coefficient (Wildman–Crippen LogP) is 3.45. The standard InChI is InChI=1S/C20H21Cl2N5O3S2/c1-32(29,30)27(12-14-7-8-16(21)17(22)11-14)13-18(28)23-9-10-31-20-24-19(25-26-20)15-5-3-2-4-6-15/h2-8,11H,9-10,12-13H2,1H3,(H,23,28)(H,24,25,26). The lowest BCUT2D eigenvalue weighted by atomic mass is 10.2. The van der Waals surface area contributed by atoms with Gasteiger partial charge in [-0.05, 0) is 17.7 Å². The highest BCUT2D eigenvalue weighted by atomic mass is 35.5. The molecule has 2 aromatic carbocycles. The van der Waals surface area contributed by atoms with Crippen molar-refractivity contribution in [3.63, 3.8) is 0 Å². The summed E-state index contributed by atoms with van der Waals surface area (Å²) in [6.45, 7) is 0.0446. The summed E-state index contributed by atoms with van der Waals surface area (Å²) >= 11 is 13.3. The van der Waals surface area contributed by atoms with E-state index < -0.39 is 15.9 Å². The summed E-state index contributed by atoms with van der Waals surface area (Å²) in [5, 5.41) is 11.0. The van der Waals surface area contributed by atoms with E-state index in [1.807, 2.05) is 30.3 Å². The van der Waals surface area contributed by atoms with Gasteiger partial charge in [-0.2, -0.15) is 4.31 Å². The van der Waals surface area contributed by atoms with Gasteiger partial charge in [0.2, 0.25) is 21.1 Å². The van der Waals surface area contributed by atoms with Crippen LogP contribution in [-0.4, -0.2) is 58.9 Å². The highest BCUT2D eigenvalue weighted by Crippen LogP contribution is 2.23. The zero-order valence-corrected chi connectivity index (χ0v) is 20.2. The van der Waals surface area contributed by atoms with E-state index >= 15 is 0 Å². The molecule has 0 aliphatic heterocycles. The average Bonchev–Trinajstić information content (AvgIpc) is 3.22. The van der Waals surface area contributed by atoms with Gasteiger partial charge in [-0.1, -0.05) is 71.4 Å². The van der Waals surface area contributed by atoms with E-state index in [4.69, 9.17) is 23.2 Å². The number of rotatable bonds is 10. The van der Waals surface area contributed by atoms with Gasteiger partial charge in [0.25, 0.3) is 0 Å². The van der Waals surface area contributed by atoms with E-state index in [9.17, 15) is 13.2 Å². The summed E-state index contributed by atoms with van der Waals surface area (Å²) in [6, 6.07) is 14.5. The van der Waals surface area contributed by atoms with Gasteiger partial charge in [0.05, 0.1) is 22.8 Å². The van der Waals surface area contributed by atoms with Crippen molar-refractivity contribution in [3.05, 3.63) is 64.1 Å². The van der Waals surface area contributed by atoms with Crippen LogP contribution in [0.1, 0.15) is 5.56 Å². The number of carbonyl (C=O) groups excluding carboxylic acids is 1. The highest BCUT2D eigenvalue weighted by Gasteiger charge is 2.21. The van der Waals surface area contributed by atoms with Gasteiger partial charge in [-0.25, -0.2) is 13.4 Å². The Balaban J connectivity index is 1.48. The number of H-pyrrole nitrogens is 1. The molecule has 0 saturated heterocycles. The Morgan fingerprint density at radius 2 is 1.91 bits per heavy atom. The number of nitrogens with zero attached hydrogens (tertiary/aromatic N) is 3. The molecule has 0 radical (unpaired) electrons. The molecule has 170 valence electrons. The van der Waals surface area contributed by atoms with Crippen molar-refractivity contribution >= 4 is 50.9 Å². The van der Waals surface area contributed by atoms with Crippen LogP contribution in [-0.2, 0) is 21.4 Å². The molecule has 0 spiro atoms. The van der Waals surface area contributed by atoms with Crippen LogP contribution in [0.3, 0.4) is 0 Å². The van der Waals surface area contributed by atoms with Crippen molar-refractivity contribution in [2.24, 2.45) is 0 Å². The molecule has 1 aromatic heterocycles. The molecule has 0 saturated carbocycles. The smallest absolute Gasteiger partial charge is 0.235 e. The summed E-state index contributed by atoms with van der Waals surface area (Å²) in [7, 11) is -3.61. The van der Waals surface area contributed by atoms with Crippen molar-refractivity contribution in [3.8, 4) is 11.4 Å². The molecular weight excluding hydrogens is 493 g/mol. The van der Waals surface area contributed by atoms with E-state index in [0.29, 0.717) is 38.9 Å². The molecule has 0 unspecified atom stereocenters. The SMILES string of the molecule is CS(=O)(=O)N(CC(=O)NCCSc1n[nH]c(-c2ccccc2)n1)Cc1ccc(Cl)c(Cl)c1. The fraction of sp³-hybridized carbons (Fsp3) is 0.250. The third-order valence-corrected chi connectivity index (χ3v) is 7.08. The molecule has 2 N–H and O–H groups in total. The second-order valence-corrected chi connectivity index (χ2v) is 10.7. The lowest BCUT2D eigenvalue weighted by Gasteiger charge is -2.19. The van der Waals surface area contributed by atoms with Gasteiger partial charge >= 0.3 is 0 Å². The minimum Gasteiger partial charge on any atom is -0.354 e. The number of hydrogen-bond acceptors (Lipinski definition) is 6. The van der Waals surface area contributed by atoms with Crippen molar-refractivity contribution in [2.45, 2.75) is 11.7 Å². The van der Waals surface area contributed by atoms with Gasteiger partial charge < -0.3 is 5.32 Å². The fourth-order valence-electron chi connectivity index (χ4n) is 2.72. The van der Waals surface area contributed by atoms with Crippen LogP contribution in [0.2, 0.25) is 10.0 Å². The largest absolute Gasteiger partial charge is 0.354 e. The van der Waals surface area contributed by atoms with Gasteiger partial charge in [0.1, 0.15) is 0 Å². The van der Waals surface area contributed by atoms with Crippen LogP contribution in [0, 0.1) is 0 Å². The molecule has 0 aliphatic rings. The van der Waals surface area contributed by atoms with Crippen molar-refractivity contribution in [1.29, 1.82) is 0 Å². The molecule has 3 aromatic rings. The molecule has 0 bridgehead atoms. The Kier molecular flexibility index (Phi) is 8.55. The number of sulfonamides is 1. The summed E-state index contributed by atoms with van der Waals surface area (Å²) in [4.78, 5) is 16.7. The number of thioether (sulfide) groups is 1. The molecular formula is C20H21Cl2N5O3S2. The third-order valence-electron chi connectivity index (χ3n) is 4.30. The molecule has 0 aliphatic carbocycles. The normalized spacial score (nSPS) is 11.6. The third kappa shape index (κ3) is 7.21. The van der Waals surface area contributed by atoms with Crippen molar-refractivity contribution < 1.29 is 13.2 Å². The van der Waals surface area contributed by atoms with Gasteiger partial charge in [-0.15, -0.1) is 5.10 Å². The zero-order valence-electron chi connectivity index (χ0n) is 17.1. The molecule has 32 heavy (non-hydrogen) atoms. The van der Waals surface area contributed by atoms with Crippen molar-refractivity contribution in [2.75, 3.05) is 25.1 Å². The first-order valence-electron chi connectivity index (χ1n) is 9.49. The van der Waals surface area contributed by atoms with Crippen LogP contribution in [0.25, 0.3) is 11.4 Å². The first-order valence-corrected chi connectivity index (χ1v) is 13.1. The van der Waals surface area contributed by atoms with E-state index in [1.165, 1.54) is 11.8 Å². The molecule has 0 fully saturated rings. The Hall–Kier alpha value is -2.11. The minimum atomic E-state index is -3.61. The average molecular weight is 514 g/mol. The Labute approximate surface area is 200 Å². The maximum absolute atomic E-state index is 12.3. The number of carbonyl (C=O) groups is 1. The van der Waals surface area contributed by atoms with Crippen molar-refractivity contribution in [1.82, 2.24) is 24.8 Å². The number of benzene rings is 2. The van der Waals surface area contributed by atoms with Crippen LogP contribution >= 0.6 is 35.0 Å². The molecule has 12 heteroatoms. The van der Waals surface area contributed by atoms with Crippen LogP contribution in [0.5, 0.6) is 0 Å². The maximum atomic E-state index is 12.3. The first-order chi connectivity index (χ1) is 15.2. The number of nitrogens with one attached hydrogen (secondary N) is 2. The van der Waals surface area contributed by atoms with E-state index in [1.54, 1.807) is 18.2 Å². The summed E-state index contributed by atoms with van der Waals surface area (Å²) in [5.74, 6) is 0.794. The summed E-state index contributed by atoms with van der Waals surface area (Å²) in [5.41, 5.74) is 1.56. The molecule has 3 rings (SSSR count). The molecule has 0 atom stereocenters. The Morgan fingerprint density at radius 1 is 1.16 bits per heavy atom. The molecule has 8 nitrogen and oxygen atoms in total. The van der Waals surface area contributed by atoms with E-state index in [0.717, 1.165) is 16.1 Å². The maximum Gasteiger partial charge on any atom is 0.235 e. The number of hydrogen-bond donors (Lipinski definition) is 2. The number of amides is 1. The molecule has 1 heterocycles. The predicted molar refractivity (Wildman–Crippen MR) is 127 cm³/mol. The van der Waals surface area contributed by atoms with Gasteiger partial charge in [0, 0.05) is 24.4 Å². The van der Waals surface area contributed by atoms with Crippen LogP contribution in [0.15, 0.2) is 53.7 Å². The van der Waals surface area contributed by atoms with E-state index in [2.05, 4.69) is 20.5 Å². The number of aromatic amines is 1. The topological polar surface area (TPSA) is 108 Å². The van der Waals surface area contributed by atoms with Crippen LogP contribution < -0.4 is 5.32 Å². The minimum absolute atomic E-state index is 0.0113. The van der Waals surface area contributed by atoms with E-state index in [-0.39, 0.29) is 13.1 Å². The summed E-state index contributed by atoms with van der Waals surface area (Å²) in [6.07, 6.45) is 1.06. The highest BCUT2D eigenvalue weighted by molar-refractivity contribution is 7.99. The lowest BCUT2D eigenvalue weighted by Crippen LogP contribution is -2.40. The quantitative estimate of drug-likeness (QED) is 0.317. The summed E-state index contributed by atoms with van der Waals surface area (Å²) < 4.78 is 25.3. The number of halogens is 2. The Morgan fingerprint density at radius 3 is 2.59 bits per heavy atom. The molecule has 1 amide bonds. The lowest BCUT2D eigenvalue weighted by molar-refractivity contribution is -0.121. The zero-order chi connectivity index (χ0) is 23.1. The Bertz CT molecular complexity index is 1170. The van der Waals surface area contributed by atoms with Gasteiger partial charge in [-0.3, -0.25) is 9.89 Å².